The second-order valence-electron chi connectivity index (χ2n) is 7.80. The Morgan fingerprint density at radius 2 is 1.80 bits per heavy atom. The van der Waals surface area contributed by atoms with Crippen LogP contribution >= 0.6 is 19.4 Å². The van der Waals surface area contributed by atoms with Gasteiger partial charge in [-0.3, -0.25) is 24.5 Å². The summed E-state index contributed by atoms with van der Waals surface area (Å²) in [4.78, 5) is 27.5. The molecule has 2 amide bonds. The molecule has 0 aliphatic carbocycles. The van der Waals surface area contributed by atoms with E-state index in [9.17, 15) is 14.2 Å². The van der Waals surface area contributed by atoms with E-state index in [-0.39, 0.29) is 42.1 Å². The molecule has 0 radical (unpaired) electrons. The second kappa shape index (κ2) is 13.2. The van der Waals surface area contributed by atoms with Crippen molar-refractivity contribution < 1.29 is 32.7 Å². The standard InChI is InChI=1S/C24H31N2O7PS/c1-4-32-34(29,33-5-2)16-31-17(3)19-8-9-20(25-15-19)12-13-30-21-10-6-18(7-11-21)14-22-23(27)26-24(28)35-22/h6-11,15,17,22H,4-5,12-14,16H2,1-3H3,(H,26,27,28). The van der Waals surface area contributed by atoms with Crippen molar-refractivity contribution in [3.8, 4) is 5.75 Å². The molecule has 0 spiro atoms. The lowest BCUT2D eigenvalue weighted by Gasteiger charge is -2.20. The number of benzene rings is 1. The summed E-state index contributed by atoms with van der Waals surface area (Å²) < 4.78 is 34.6. The highest BCUT2D eigenvalue weighted by molar-refractivity contribution is 8.15. The number of ether oxygens (including phenoxy) is 2. The van der Waals surface area contributed by atoms with Crippen LogP contribution in [-0.4, -0.2) is 47.5 Å². The molecule has 9 nitrogen and oxygen atoms in total. The zero-order chi connectivity index (χ0) is 25.3. The van der Waals surface area contributed by atoms with Gasteiger partial charge in [0, 0.05) is 18.3 Å². The van der Waals surface area contributed by atoms with Gasteiger partial charge in [-0.2, -0.15) is 0 Å². The number of amides is 2. The van der Waals surface area contributed by atoms with Gasteiger partial charge in [-0.15, -0.1) is 0 Å². The van der Waals surface area contributed by atoms with E-state index in [0.29, 0.717) is 19.4 Å². The van der Waals surface area contributed by atoms with Crippen LogP contribution in [-0.2, 0) is 36.0 Å². The van der Waals surface area contributed by atoms with E-state index >= 15 is 0 Å². The normalized spacial score (nSPS) is 16.8. The molecule has 3 rings (SSSR count). The Kier molecular flexibility index (Phi) is 10.3. The average molecular weight is 523 g/mol. The molecule has 35 heavy (non-hydrogen) atoms. The van der Waals surface area contributed by atoms with Crippen molar-refractivity contribution in [2.75, 3.05) is 26.2 Å². The highest BCUT2D eigenvalue weighted by atomic mass is 32.2. The molecule has 1 N–H and O–H groups in total. The van der Waals surface area contributed by atoms with Crippen molar-refractivity contribution in [3.63, 3.8) is 0 Å². The van der Waals surface area contributed by atoms with E-state index in [1.54, 1.807) is 20.0 Å². The summed E-state index contributed by atoms with van der Waals surface area (Å²) in [5, 5.41) is 1.63. The van der Waals surface area contributed by atoms with Crippen LogP contribution in [0.5, 0.6) is 5.75 Å². The van der Waals surface area contributed by atoms with Crippen molar-refractivity contribution in [2.24, 2.45) is 0 Å². The predicted octanol–water partition coefficient (Wildman–Crippen LogP) is 4.90. The van der Waals surface area contributed by atoms with Gasteiger partial charge >= 0.3 is 7.60 Å². The topological polar surface area (TPSA) is 113 Å². The number of hydrogen-bond acceptors (Lipinski definition) is 9. The molecule has 190 valence electrons. The van der Waals surface area contributed by atoms with Gasteiger partial charge in [-0.1, -0.05) is 30.0 Å². The molecule has 1 saturated heterocycles. The molecule has 1 aliphatic heterocycles. The fourth-order valence-electron chi connectivity index (χ4n) is 3.37. The number of aromatic nitrogens is 1. The molecular weight excluding hydrogens is 491 g/mol. The summed E-state index contributed by atoms with van der Waals surface area (Å²) in [6, 6.07) is 11.3. The number of rotatable bonds is 14. The molecule has 0 saturated carbocycles. The smallest absolute Gasteiger partial charge is 0.356 e. The number of pyridine rings is 1. The summed E-state index contributed by atoms with van der Waals surface area (Å²) in [6.07, 6.45) is 2.43. The zero-order valence-electron chi connectivity index (χ0n) is 20.1. The van der Waals surface area contributed by atoms with Crippen molar-refractivity contribution in [3.05, 3.63) is 59.4 Å². The van der Waals surface area contributed by atoms with Crippen molar-refractivity contribution in [1.29, 1.82) is 0 Å². The SMILES string of the molecule is CCOP(=O)(COC(C)c1ccc(CCOc2ccc(CC3SC(=O)NC3=O)cc2)nc1)OCC. The van der Waals surface area contributed by atoms with Gasteiger partial charge in [0.2, 0.25) is 5.91 Å². The van der Waals surface area contributed by atoms with Crippen LogP contribution in [0.4, 0.5) is 4.79 Å². The van der Waals surface area contributed by atoms with Crippen LogP contribution in [0.3, 0.4) is 0 Å². The van der Waals surface area contributed by atoms with E-state index in [1.807, 2.05) is 43.3 Å². The molecular formula is C24H31N2O7PS. The monoisotopic (exact) mass is 522 g/mol. The Balaban J connectivity index is 1.42. The minimum absolute atomic E-state index is 0.116. The van der Waals surface area contributed by atoms with Crippen LogP contribution in [0.15, 0.2) is 42.6 Å². The lowest BCUT2D eigenvalue weighted by Crippen LogP contribution is -2.25. The molecule has 1 fully saturated rings. The highest BCUT2D eigenvalue weighted by Crippen LogP contribution is 2.48. The zero-order valence-corrected chi connectivity index (χ0v) is 21.8. The Hall–Kier alpha value is -2.23. The number of carbonyl (C=O) groups is 2. The molecule has 1 aromatic carbocycles. The second-order valence-corrected chi connectivity index (χ2v) is 11.0. The first kappa shape index (κ1) is 27.4. The maximum atomic E-state index is 12.5. The third kappa shape index (κ3) is 8.44. The number of nitrogens with zero attached hydrogens (tertiary/aromatic N) is 1. The minimum Gasteiger partial charge on any atom is -0.493 e. The van der Waals surface area contributed by atoms with Crippen LogP contribution in [0.2, 0.25) is 0 Å². The van der Waals surface area contributed by atoms with Crippen molar-refractivity contribution in [2.45, 2.75) is 45.0 Å². The Morgan fingerprint density at radius 1 is 1.09 bits per heavy atom. The molecule has 1 aromatic heterocycles. The van der Waals surface area contributed by atoms with Gasteiger partial charge in [0.15, 0.2) is 0 Å². The van der Waals surface area contributed by atoms with Gasteiger partial charge in [-0.05, 0) is 56.5 Å². The van der Waals surface area contributed by atoms with Gasteiger partial charge in [0.1, 0.15) is 12.1 Å². The Morgan fingerprint density at radius 3 is 2.37 bits per heavy atom. The third-order valence-corrected chi connectivity index (χ3v) is 7.94. The maximum Gasteiger partial charge on any atom is 0.356 e. The minimum atomic E-state index is -3.26. The molecule has 11 heteroatoms. The predicted molar refractivity (Wildman–Crippen MR) is 134 cm³/mol. The largest absolute Gasteiger partial charge is 0.493 e. The summed E-state index contributed by atoms with van der Waals surface area (Å²) in [5.74, 6) is 0.482. The van der Waals surface area contributed by atoms with E-state index in [0.717, 1.165) is 34.3 Å². The molecule has 0 bridgehead atoms. The van der Waals surface area contributed by atoms with Gasteiger partial charge in [0.25, 0.3) is 5.24 Å². The van der Waals surface area contributed by atoms with Crippen LogP contribution < -0.4 is 10.1 Å². The third-order valence-electron chi connectivity index (χ3n) is 5.19. The summed E-state index contributed by atoms with van der Waals surface area (Å²) >= 11 is 1.02. The maximum absolute atomic E-state index is 12.5. The highest BCUT2D eigenvalue weighted by Gasteiger charge is 2.31. The van der Waals surface area contributed by atoms with Crippen LogP contribution in [0.1, 0.15) is 43.7 Å². The van der Waals surface area contributed by atoms with E-state index in [4.69, 9.17) is 18.5 Å². The molecule has 1 aliphatic rings. The molecule has 2 heterocycles. The van der Waals surface area contributed by atoms with Crippen molar-refractivity contribution >= 4 is 30.5 Å². The van der Waals surface area contributed by atoms with E-state index < -0.39 is 7.60 Å². The van der Waals surface area contributed by atoms with E-state index in [2.05, 4.69) is 10.3 Å². The quantitative estimate of drug-likeness (QED) is 0.346. The van der Waals surface area contributed by atoms with Crippen LogP contribution in [0.25, 0.3) is 0 Å². The van der Waals surface area contributed by atoms with Gasteiger partial charge < -0.3 is 18.5 Å². The Bertz CT molecular complexity index is 1020. The fourth-order valence-corrected chi connectivity index (χ4v) is 5.64. The number of nitrogens with one attached hydrogen (secondary N) is 1. The fraction of sp³-hybridized carbons (Fsp3) is 0.458. The van der Waals surface area contributed by atoms with Gasteiger partial charge in [0.05, 0.1) is 31.2 Å². The number of thioether (sulfide) groups is 1. The van der Waals surface area contributed by atoms with E-state index in [1.165, 1.54) is 0 Å². The molecule has 2 unspecified atom stereocenters. The Labute approximate surface area is 209 Å². The lowest BCUT2D eigenvalue weighted by molar-refractivity contribution is -0.118. The summed E-state index contributed by atoms with van der Waals surface area (Å²) in [6.45, 7) is 6.42. The summed E-state index contributed by atoms with van der Waals surface area (Å²) in [5.41, 5.74) is 2.70. The number of imide groups is 1. The molecule has 2 atom stereocenters. The first-order chi connectivity index (χ1) is 16.8. The van der Waals surface area contributed by atoms with Gasteiger partial charge in [-0.25, -0.2) is 0 Å². The van der Waals surface area contributed by atoms with Crippen LogP contribution in [0, 0.1) is 0 Å². The average Bonchev–Trinajstić information content (AvgIpc) is 3.15. The number of carbonyl (C=O) groups excluding carboxylic acids is 2. The summed E-state index contributed by atoms with van der Waals surface area (Å²) in [7, 11) is -3.26. The first-order valence-corrected chi connectivity index (χ1v) is 14.1. The molecule has 2 aromatic rings. The number of hydrogen-bond donors (Lipinski definition) is 1. The van der Waals surface area contributed by atoms with Crippen molar-refractivity contribution in [1.82, 2.24) is 10.3 Å². The first-order valence-electron chi connectivity index (χ1n) is 11.5. The lowest BCUT2D eigenvalue weighted by atomic mass is 10.1.